The number of aliphatic hydroxyl groups excluding tert-OH is 1. The highest BCUT2D eigenvalue weighted by Gasteiger charge is 2.01. The van der Waals surface area contributed by atoms with E-state index < -0.39 is 0 Å². The normalized spacial score (nSPS) is 10.2. The van der Waals surface area contributed by atoms with Gasteiger partial charge in [0.05, 0.1) is 0 Å². The van der Waals surface area contributed by atoms with Gasteiger partial charge >= 0.3 is 0 Å². The first kappa shape index (κ1) is 15.6. The van der Waals surface area contributed by atoms with Crippen molar-refractivity contribution in [2.75, 3.05) is 32.8 Å². The van der Waals surface area contributed by atoms with Gasteiger partial charge in [-0.15, -0.1) is 0 Å². The maximum Gasteiger partial charge on any atom is 0.119 e. The molecule has 3 nitrogen and oxygen atoms in total. The maximum absolute atomic E-state index is 8.68. The van der Waals surface area contributed by atoms with Crippen molar-refractivity contribution in [1.82, 2.24) is 4.90 Å². The van der Waals surface area contributed by atoms with Crippen LogP contribution in [-0.4, -0.2) is 42.9 Å². The molecular weight excluding hydrogens is 238 g/mol. The number of hydrogen-bond donors (Lipinski definition) is 1. The summed E-state index contributed by atoms with van der Waals surface area (Å²) in [6.07, 6.45) is 0. The van der Waals surface area contributed by atoms with Gasteiger partial charge in [0, 0.05) is 12.1 Å². The number of aliphatic hydroxyl groups is 1. The van der Waals surface area contributed by atoms with Crippen molar-refractivity contribution in [1.29, 1.82) is 0 Å². The molecule has 0 aromatic heterocycles. The molecule has 1 aromatic carbocycles. The molecule has 1 rings (SSSR count). The SMILES string of the molecule is CCN(CC)CCOc1ccc(C#CCO)c(C)c1. The fraction of sp³-hybridized carbons (Fsp3) is 0.500. The summed E-state index contributed by atoms with van der Waals surface area (Å²) >= 11 is 0. The number of hydrogen-bond acceptors (Lipinski definition) is 3. The minimum Gasteiger partial charge on any atom is -0.492 e. The zero-order valence-electron chi connectivity index (χ0n) is 12.1. The Morgan fingerprint density at radius 2 is 2.00 bits per heavy atom. The average Bonchev–Trinajstić information content (AvgIpc) is 2.43. The highest BCUT2D eigenvalue weighted by atomic mass is 16.5. The van der Waals surface area contributed by atoms with Crippen molar-refractivity contribution in [3.05, 3.63) is 29.3 Å². The van der Waals surface area contributed by atoms with Gasteiger partial charge in [-0.05, 0) is 43.8 Å². The lowest BCUT2D eigenvalue weighted by molar-refractivity contribution is 0.222. The Bertz CT molecular complexity index is 442. The molecule has 1 N–H and O–H groups in total. The molecule has 0 amide bonds. The van der Waals surface area contributed by atoms with Crippen LogP contribution in [0.3, 0.4) is 0 Å². The number of likely N-dealkylation sites (N-methyl/N-ethyl adjacent to an activating group) is 1. The Kier molecular flexibility index (Phi) is 7.02. The molecule has 0 unspecified atom stereocenters. The van der Waals surface area contributed by atoms with Crippen molar-refractivity contribution >= 4 is 0 Å². The molecule has 0 saturated carbocycles. The molecule has 0 heterocycles. The van der Waals surface area contributed by atoms with Crippen molar-refractivity contribution in [3.8, 4) is 17.6 Å². The summed E-state index contributed by atoms with van der Waals surface area (Å²) < 4.78 is 5.74. The molecule has 0 spiro atoms. The topological polar surface area (TPSA) is 32.7 Å². The predicted octanol–water partition coefficient (Wildman–Crippen LogP) is 2.06. The van der Waals surface area contributed by atoms with E-state index in [4.69, 9.17) is 9.84 Å². The standard InChI is InChI=1S/C16H23NO2/c1-4-17(5-2)10-12-19-16-9-8-15(7-6-11-18)14(3)13-16/h8-9,13,18H,4-5,10-12H2,1-3H3. The van der Waals surface area contributed by atoms with Crippen LogP contribution in [0.2, 0.25) is 0 Å². The minimum absolute atomic E-state index is 0.110. The van der Waals surface area contributed by atoms with Gasteiger partial charge in [0.1, 0.15) is 19.0 Å². The van der Waals surface area contributed by atoms with Crippen molar-refractivity contribution in [2.45, 2.75) is 20.8 Å². The third kappa shape index (κ3) is 5.34. The predicted molar refractivity (Wildman–Crippen MR) is 78.4 cm³/mol. The van der Waals surface area contributed by atoms with Gasteiger partial charge in [-0.25, -0.2) is 0 Å². The lowest BCUT2D eigenvalue weighted by Crippen LogP contribution is -2.27. The lowest BCUT2D eigenvalue weighted by atomic mass is 10.1. The monoisotopic (exact) mass is 261 g/mol. The maximum atomic E-state index is 8.68. The molecule has 19 heavy (non-hydrogen) atoms. The molecule has 0 atom stereocenters. The van der Waals surface area contributed by atoms with Gasteiger partial charge in [0.25, 0.3) is 0 Å². The Balaban J connectivity index is 2.54. The largest absolute Gasteiger partial charge is 0.492 e. The first-order valence-corrected chi connectivity index (χ1v) is 6.76. The molecule has 0 saturated heterocycles. The van der Waals surface area contributed by atoms with Crippen molar-refractivity contribution in [2.24, 2.45) is 0 Å². The highest BCUT2D eigenvalue weighted by Crippen LogP contribution is 2.16. The molecule has 0 aliphatic carbocycles. The second-order valence-corrected chi connectivity index (χ2v) is 4.31. The van der Waals surface area contributed by atoms with Crippen LogP contribution in [0, 0.1) is 18.8 Å². The molecular formula is C16H23NO2. The van der Waals surface area contributed by atoms with E-state index in [1.807, 2.05) is 25.1 Å². The molecule has 1 aromatic rings. The van der Waals surface area contributed by atoms with Gasteiger partial charge in [0.2, 0.25) is 0 Å². The number of benzene rings is 1. The van der Waals surface area contributed by atoms with Crippen LogP contribution in [0.25, 0.3) is 0 Å². The fourth-order valence-electron chi connectivity index (χ4n) is 1.83. The number of aryl methyl sites for hydroxylation is 1. The summed E-state index contributed by atoms with van der Waals surface area (Å²) in [6.45, 7) is 9.94. The summed E-state index contributed by atoms with van der Waals surface area (Å²) in [7, 11) is 0. The van der Waals surface area contributed by atoms with E-state index in [2.05, 4.69) is 30.6 Å². The zero-order chi connectivity index (χ0) is 14.1. The number of rotatable bonds is 6. The molecule has 3 heteroatoms. The Hall–Kier alpha value is -1.50. The summed E-state index contributed by atoms with van der Waals surface area (Å²) in [4.78, 5) is 2.33. The Labute approximate surface area is 116 Å². The van der Waals surface area contributed by atoms with Gasteiger partial charge in [-0.3, -0.25) is 0 Å². The van der Waals surface area contributed by atoms with Crippen LogP contribution in [-0.2, 0) is 0 Å². The van der Waals surface area contributed by atoms with E-state index in [-0.39, 0.29) is 6.61 Å². The average molecular weight is 261 g/mol. The smallest absolute Gasteiger partial charge is 0.119 e. The molecule has 0 radical (unpaired) electrons. The zero-order valence-corrected chi connectivity index (χ0v) is 12.1. The van der Waals surface area contributed by atoms with Crippen LogP contribution in [0.1, 0.15) is 25.0 Å². The Morgan fingerprint density at radius 3 is 2.58 bits per heavy atom. The van der Waals surface area contributed by atoms with E-state index in [1.54, 1.807) is 0 Å². The van der Waals surface area contributed by atoms with Crippen LogP contribution in [0.5, 0.6) is 5.75 Å². The third-order valence-corrected chi connectivity index (χ3v) is 3.07. The minimum atomic E-state index is -0.110. The first-order chi connectivity index (χ1) is 9.21. The lowest BCUT2D eigenvalue weighted by Gasteiger charge is -2.18. The van der Waals surface area contributed by atoms with Crippen LogP contribution in [0.4, 0.5) is 0 Å². The third-order valence-electron chi connectivity index (χ3n) is 3.07. The van der Waals surface area contributed by atoms with Crippen LogP contribution >= 0.6 is 0 Å². The molecule has 0 fully saturated rings. The quantitative estimate of drug-likeness (QED) is 0.796. The highest BCUT2D eigenvalue weighted by molar-refractivity contribution is 5.44. The second kappa shape index (κ2) is 8.58. The van der Waals surface area contributed by atoms with E-state index in [0.717, 1.165) is 36.5 Å². The van der Waals surface area contributed by atoms with Crippen molar-refractivity contribution in [3.63, 3.8) is 0 Å². The van der Waals surface area contributed by atoms with E-state index in [1.165, 1.54) is 0 Å². The van der Waals surface area contributed by atoms with Crippen molar-refractivity contribution < 1.29 is 9.84 Å². The summed E-state index contributed by atoms with van der Waals surface area (Å²) in [5.41, 5.74) is 2.01. The second-order valence-electron chi connectivity index (χ2n) is 4.31. The molecule has 104 valence electrons. The summed E-state index contributed by atoms with van der Waals surface area (Å²) in [5.74, 6) is 6.45. The van der Waals surface area contributed by atoms with Gasteiger partial charge < -0.3 is 14.7 Å². The van der Waals surface area contributed by atoms with Gasteiger partial charge in [-0.2, -0.15) is 0 Å². The number of ether oxygens (including phenoxy) is 1. The summed E-state index contributed by atoms with van der Waals surface area (Å²) in [5, 5.41) is 8.68. The summed E-state index contributed by atoms with van der Waals surface area (Å²) in [6, 6.07) is 5.85. The van der Waals surface area contributed by atoms with Crippen LogP contribution < -0.4 is 4.74 Å². The molecule has 0 bridgehead atoms. The Morgan fingerprint density at radius 1 is 1.26 bits per heavy atom. The first-order valence-electron chi connectivity index (χ1n) is 6.76. The van der Waals surface area contributed by atoms with E-state index in [0.29, 0.717) is 6.61 Å². The van der Waals surface area contributed by atoms with E-state index >= 15 is 0 Å². The van der Waals surface area contributed by atoms with Gasteiger partial charge in [0.15, 0.2) is 0 Å². The van der Waals surface area contributed by atoms with Gasteiger partial charge in [-0.1, -0.05) is 25.7 Å². The van der Waals surface area contributed by atoms with Crippen LogP contribution in [0.15, 0.2) is 18.2 Å². The molecule has 0 aliphatic heterocycles. The van der Waals surface area contributed by atoms with E-state index in [9.17, 15) is 0 Å². The number of nitrogens with zero attached hydrogens (tertiary/aromatic N) is 1. The molecule has 0 aliphatic rings. The fourth-order valence-corrected chi connectivity index (χ4v) is 1.83.